The maximum atomic E-state index is 12.9. The first-order chi connectivity index (χ1) is 9.68. The van der Waals surface area contributed by atoms with Gasteiger partial charge in [0.05, 0.1) is 12.8 Å². The predicted molar refractivity (Wildman–Crippen MR) is 76.2 cm³/mol. The highest BCUT2D eigenvalue weighted by Gasteiger charge is 2.40. The summed E-state index contributed by atoms with van der Waals surface area (Å²) in [4.78, 5) is 0. The van der Waals surface area contributed by atoms with E-state index in [1.54, 1.807) is 20.9 Å². The molecule has 2 heterocycles. The monoisotopic (exact) mass is 298 g/mol. The van der Waals surface area contributed by atoms with Gasteiger partial charge < -0.3 is 4.42 Å². The van der Waals surface area contributed by atoms with Crippen molar-refractivity contribution in [1.29, 1.82) is 0 Å². The summed E-state index contributed by atoms with van der Waals surface area (Å²) in [7, 11) is -3.35. The molecule has 1 saturated heterocycles. The molecular formula is C14H22N2O3S. The van der Waals surface area contributed by atoms with Gasteiger partial charge in [0, 0.05) is 19.1 Å². The largest absolute Gasteiger partial charge is 0.468 e. The second kappa shape index (κ2) is 5.87. The lowest BCUT2D eigenvalue weighted by atomic mass is 10.2. The van der Waals surface area contributed by atoms with E-state index in [9.17, 15) is 8.42 Å². The molecule has 1 saturated carbocycles. The molecule has 1 aromatic heterocycles. The highest BCUT2D eigenvalue weighted by molar-refractivity contribution is 7.86. The SMILES string of the molecule is O=S(=O)(N1CCCCCC1)N(Cc1ccco1)C1CC1. The molecule has 20 heavy (non-hydrogen) atoms. The number of hydrogen-bond donors (Lipinski definition) is 0. The number of rotatable bonds is 5. The third-order valence-electron chi connectivity index (χ3n) is 4.03. The minimum Gasteiger partial charge on any atom is -0.468 e. The smallest absolute Gasteiger partial charge is 0.282 e. The van der Waals surface area contributed by atoms with E-state index in [1.165, 1.54) is 0 Å². The van der Waals surface area contributed by atoms with E-state index in [1.807, 2.05) is 6.07 Å². The van der Waals surface area contributed by atoms with Gasteiger partial charge in [-0.05, 0) is 37.8 Å². The van der Waals surface area contributed by atoms with Crippen LogP contribution < -0.4 is 0 Å². The lowest BCUT2D eigenvalue weighted by Gasteiger charge is -2.28. The van der Waals surface area contributed by atoms with Crippen LogP contribution in [0.4, 0.5) is 0 Å². The minimum absolute atomic E-state index is 0.161. The Morgan fingerprint density at radius 1 is 1.20 bits per heavy atom. The van der Waals surface area contributed by atoms with Gasteiger partial charge in [0.2, 0.25) is 0 Å². The Labute approximate surface area is 120 Å². The maximum absolute atomic E-state index is 12.9. The van der Waals surface area contributed by atoms with E-state index < -0.39 is 10.2 Å². The number of furan rings is 1. The van der Waals surface area contributed by atoms with Crippen molar-refractivity contribution in [2.75, 3.05) is 13.1 Å². The van der Waals surface area contributed by atoms with E-state index in [0.717, 1.165) is 44.3 Å². The number of nitrogens with zero attached hydrogens (tertiary/aromatic N) is 2. The predicted octanol–water partition coefficient (Wildman–Crippen LogP) is 2.36. The van der Waals surface area contributed by atoms with Crippen molar-refractivity contribution in [3.8, 4) is 0 Å². The zero-order valence-electron chi connectivity index (χ0n) is 11.7. The molecule has 0 unspecified atom stereocenters. The third-order valence-corrected chi connectivity index (χ3v) is 6.07. The molecule has 0 N–H and O–H groups in total. The normalized spacial score (nSPS) is 22.1. The fraction of sp³-hybridized carbons (Fsp3) is 0.714. The van der Waals surface area contributed by atoms with E-state index in [2.05, 4.69) is 0 Å². The molecule has 0 radical (unpaired) electrons. The molecule has 2 fully saturated rings. The molecule has 1 aliphatic carbocycles. The second-order valence-electron chi connectivity index (χ2n) is 5.68. The first-order valence-corrected chi connectivity index (χ1v) is 8.87. The van der Waals surface area contributed by atoms with Crippen LogP contribution in [-0.4, -0.2) is 36.2 Å². The van der Waals surface area contributed by atoms with Gasteiger partial charge in [-0.15, -0.1) is 0 Å². The Bertz CT molecular complexity index is 515. The van der Waals surface area contributed by atoms with Gasteiger partial charge in [0.25, 0.3) is 10.2 Å². The Morgan fingerprint density at radius 3 is 2.45 bits per heavy atom. The van der Waals surface area contributed by atoms with Gasteiger partial charge in [0.1, 0.15) is 5.76 Å². The van der Waals surface area contributed by atoms with Crippen LogP contribution in [0.15, 0.2) is 22.8 Å². The summed E-state index contributed by atoms with van der Waals surface area (Å²) in [5.74, 6) is 0.718. The summed E-state index contributed by atoms with van der Waals surface area (Å²) in [6.07, 6.45) is 7.73. The van der Waals surface area contributed by atoms with Gasteiger partial charge >= 0.3 is 0 Å². The molecule has 0 bridgehead atoms. The lowest BCUT2D eigenvalue weighted by Crippen LogP contribution is -2.44. The van der Waals surface area contributed by atoms with Crippen LogP contribution in [0.25, 0.3) is 0 Å². The van der Waals surface area contributed by atoms with Crippen LogP contribution >= 0.6 is 0 Å². The molecule has 0 atom stereocenters. The van der Waals surface area contributed by atoms with Crippen molar-refractivity contribution in [3.05, 3.63) is 24.2 Å². The molecule has 6 heteroatoms. The topological polar surface area (TPSA) is 53.8 Å². The van der Waals surface area contributed by atoms with Crippen LogP contribution in [0.5, 0.6) is 0 Å². The van der Waals surface area contributed by atoms with Crippen LogP contribution in [0.2, 0.25) is 0 Å². The molecule has 3 rings (SSSR count). The summed E-state index contributed by atoms with van der Waals surface area (Å²) >= 11 is 0. The van der Waals surface area contributed by atoms with Crippen molar-refractivity contribution in [3.63, 3.8) is 0 Å². The summed E-state index contributed by atoms with van der Waals surface area (Å²) in [5, 5.41) is 0. The second-order valence-corrected chi connectivity index (χ2v) is 7.56. The molecule has 0 aromatic carbocycles. The first-order valence-electron chi connectivity index (χ1n) is 7.47. The van der Waals surface area contributed by atoms with E-state index in [4.69, 9.17) is 4.42 Å². The van der Waals surface area contributed by atoms with Gasteiger partial charge in [-0.3, -0.25) is 0 Å². The molecule has 2 aliphatic rings. The van der Waals surface area contributed by atoms with Crippen molar-refractivity contribution in [2.45, 2.75) is 51.1 Å². The quantitative estimate of drug-likeness (QED) is 0.838. The van der Waals surface area contributed by atoms with Crippen LogP contribution in [0.1, 0.15) is 44.3 Å². The van der Waals surface area contributed by atoms with E-state index in [-0.39, 0.29) is 6.04 Å². The summed E-state index contributed by atoms with van der Waals surface area (Å²) in [5.41, 5.74) is 0. The zero-order chi connectivity index (χ0) is 14.0. The van der Waals surface area contributed by atoms with Crippen molar-refractivity contribution in [1.82, 2.24) is 8.61 Å². The third kappa shape index (κ3) is 3.07. The molecule has 5 nitrogen and oxygen atoms in total. The summed E-state index contributed by atoms with van der Waals surface area (Å²) in [6, 6.07) is 3.81. The highest BCUT2D eigenvalue weighted by Crippen LogP contribution is 2.32. The van der Waals surface area contributed by atoms with Gasteiger partial charge in [-0.25, -0.2) is 0 Å². The summed E-state index contributed by atoms with van der Waals surface area (Å²) < 4.78 is 34.3. The molecule has 112 valence electrons. The maximum Gasteiger partial charge on any atom is 0.282 e. The molecule has 0 spiro atoms. The van der Waals surface area contributed by atoms with Crippen LogP contribution in [-0.2, 0) is 16.8 Å². The number of hydrogen-bond acceptors (Lipinski definition) is 3. The van der Waals surface area contributed by atoms with Gasteiger partial charge in [-0.2, -0.15) is 17.0 Å². The van der Waals surface area contributed by atoms with E-state index >= 15 is 0 Å². The highest BCUT2D eigenvalue weighted by atomic mass is 32.2. The Kier molecular flexibility index (Phi) is 4.14. The van der Waals surface area contributed by atoms with Crippen LogP contribution in [0, 0.1) is 0 Å². The molecule has 1 aromatic rings. The molecule has 1 aliphatic heterocycles. The average Bonchev–Trinajstić information content (AvgIpc) is 3.19. The Hall–Kier alpha value is -0.850. The van der Waals surface area contributed by atoms with Crippen molar-refractivity contribution < 1.29 is 12.8 Å². The van der Waals surface area contributed by atoms with Crippen LogP contribution in [0.3, 0.4) is 0 Å². The summed E-state index contributed by atoms with van der Waals surface area (Å²) in [6.45, 7) is 1.67. The Balaban J connectivity index is 1.78. The van der Waals surface area contributed by atoms with E-state index in [0.29, 0.717) is 19.6 Å². The van der Waals surface area contributed by atoms with Crippen molar-refractivity contribution >= 4 is 10.2 Å². The first kappa shape index (κ1) is 14.1. The minimum atomic E-state index is -3.35. The Morgan fingerprint density at radius 2 is 1.90 bits per heavy atom. The lowest BCUT2D eigenvalue weighted by molar-refractivity contribution is 0.311. The fourth-order valence-corrected chi connectivity index (χ4v) is 4.63. The standard InChI is InChI=1S/C14H22N2O3S/c17-20(18,15-9-3-1-2-4-10-15)16(13-7-8-13)12-14-6-5-11-19-14/h5-6,11,13H,1-4,7-10,12H2. The average molecular weight is 298 g/mol. The molecular weight excluding hydrogens is 276 g/mol. The van der Waals surface area contributed by atoms with Gasteiger partial charge in [-0.1, -0.05) is 12.8 Å². The fourth-order valence-electron chi connectivity index (χ4n) is 2.74. The van der Waals surface area contributed by atoms with Crippen molar-refractivity contribution in [2.24, 2.45) is 0 Å². The zero-order valence-corrected chi connectivity index (χ0v) is 12.5. The molecule has 0 amide bonds. The van der Waals surface area contributed by atoms with Gasteiger partial charge in [0.15, 0.2) is 0 Å².